The summed E-state index contributed by atoms with van der Waals surface area (Å²) in [5.74, 6) is -1.76. The van der Waals surface area contributed by atoms with E-state index in [1.807, 2.05) is 0 Å². The molecule has 1 N–H and O–H groups in total. The van der Waals surface area contributed by atoms with Gasteiger partial charge in [-0.2, -0.15) is 0 Å². The van der Waals surface area contributed by atoms with Gasteiger partial charge in [-0.25, -0.2) is 17.2 Å². The van der Waals surface area contributed by atoms with E-state index in [2.05, 4.69) is 4.72 Å². The van der Waals surface area contributed by atoms with E-state index in [1.165, 1.54) is 41.3 Å². The highest BCUT2D eigenvalue weighted by atomic mass is 32.2. The summed E-state index contributed by atoms with van der Waals surface area (Å²) >= 11 is 0. The normalized spacial score (nSPS) is 11.6. The van der Waals surface area contributed by atoms with E-state index in [0.717, 1.165) is 18.4 Å². The van der Waals surface area contributed by atoms with Crippen molar-refractivity contribution in [1.29, 1.82) is 0 Å². The number of pyridine rings is 1. The van der Waals surface area contributed by atoms with Crippen LogP contribution < -0.4 is 15.0 Å². The number of sulfonamides is 1. The van der Waals surface area contributed by atoms with Crippen molar-refractivity contribution in [3.63, 3.8) is 0 Å². The first kappa shape index (κ1) is 20.6. The average molecular weight is 446 g/mol. The number of anilines is 1. The van der Waals surface area contributed by atoms with Crippen LogP contribution >= 0.6 is 0 Å². The Kier molecular flexibility index (Phi) is 5.02. The van der Waals surface area contributed by atoms with Crippen LogP contribution in [-0.2, 0) is 17.1 Å². The Bertz CT molecular complexity index is 1480. The maximum absolute atomic E-state index is 14.2. The Labute approximate surface area is 175 Å². The van der Waals surface area contributed by atoms with Crippen molar-refractivity contribution < 1.29 is 26.4 Å². The zero-order valence-corrected chi connectivity index (χ0v) is 17.2. The summed E-state index contributed by atoms with van der Waals surface area (Å²) in [5.41, 5.74) is 0.927. The van der Waals surface area contributed by atoms with E-state index in [4.69, 9.17) is 9.15 Å². The van der Waals surface area contributed by atoms with Crippen molar-refractivity contribution in [2.45, 2.75) is 0 Å². The van der Waals surface area contributed by atoms with Gasteiger partial charge in [0.15, 0.2) is 11.6 Å². The fourth-order valence-electron chi connectivity index (χ4n) is 3.16. The molecule has 0 unspecified atom stereocenters. The maximum atomic E-state index is 14.2. The number of benzene rings is 2. The lowest BCUT2D eigenvalue weighted by molar-refractivity contribution is 0.439. The standard InChI is InChI=1S/C21H16F2N2O5S/c1-25-11-16(20-14(21(25)26)7-8-29-20)15-10-13(24-31(2,27)28)4-6-18(15)30-19-5-3-12(22)9-17(19)23/h3-11,24H,1-2H3. The summed E-state index contributed by atoms with van der Waals surface area (Å²) in [5, 5.41) is 0.306. The van der Waals surface area contributed by atoms with Gasteiger partial charge in [0.2, 0.25) is 10.0 Å². The molecule has 7 nitrogen and oxygen atoms in total. The molecule has 10 heteroatoms. The number of nitrogens with one attached hydrogen (secondary N) is 1. The van der Waals surface area contributed by atoms with E-state index in [9.17, 15) is 22.0 Å². The summed E-state index contributed by atoms with van der Waals surface area (Å²) < 4.78 is 65.7. The minimum absolute atomic E-state index is 0.140. The lowest BCUT2D eigenvalue weighted by atomic mass is 10.0. The fourth-order valence-corrected chi connectivity index (χ4v) is 3.72. The molecule has 2 heterocycles. The number of furan rings is 1. The van der Waals surface area contributed by atoms with Crippen LogP contribution in [0.15, 0.2) is 64.1 Å². The number of hydrogen-bond acceptors (Lipinski definition) is 5. The Balaban J connectivity index is 1.94. The molecule has 0 spiro atoms. The highest BCUT2D eigenvalue weighted by molar-refractivity contribution is 7.92. The van der Waals surface area contributed by atoms with Crippen molar-refractivity contribution >= 4 is 26.7 Å². The van der Waals surface area contributed by atoms with Crippen LogP contribution in [0.5, 0.6) is 11.5 Å². The highest BCUT2D eigenvalue weighted by Crippen LogP contribution is 2.39. The third-order valence-electron chi connectivity index (χ3n) is 4.47. The molecule has 0 atom stereocenters. The summed E-state index contributed by atoms with van der Waals surface area (Å²) in [6.45, 7) is 0. The molecule has 2 aromatic carbocycles. The summed E-state index contributed by atoms with van der Waals surface area (Å²) in [6.07, 6.45) is 3.86. The number of nitrogens with zero attached hydrogens (tertiary/aromatic N) is 1. The van der Waals surface area contributed by atoms with Crippen molar-refractivity contribution in [3.8, 4) is 22.6 Å². The van der Waals surface area contributed by atoms with Crippen molar-refractivity contribution in [1.82, 2.24) is 4.57 Å². The molecule has 0 aliphatic carbocycles. The number of hydrogen-bond donors (Lipinski definition) is 1. The van der Waals surface area contributed by atoms with Gasteiger partial charge in [0.1, 0.15) is 17.1 Å². The minimum Gasteiger partial charge on any atom is -0.463 e. The quantitative estimate of drug-likeness (QED) is 0.495. The van der Waals surface area contributed by atoms with Gasteiger partial charge >= 0.3 is 0 Å². The Morgan fingerprint density at radius 2 is 1.77 bits per heavy atom. The first-order valence-electron chi connectivity index (χ1n) is 8.94. The average Bonchev–Trinajstić information content (AvgIpc) is 3.17. The van der Waals surface area contributed by atoms with Gasteiger partial charge < -0.3 is 13.7 Å². The van der Waals surface area contributed by atoms with E-state index >= 15 is 0 Å². The second-order valence-corrected chi connectivity index (χ2v) is 8.63. The molecule has 0 amide bonds. The molecule has 4 aromatic rings. The highest BCUT2D eigenvalue weighted by Gasteiger charge is 2.18. The largest absolute Gasteiger partial charge is 0.463 e. The van der Waals surface area contributed by atoms with Crippen molar-refractivity contribution in [2.75, 3.05) is 11.0 Å². The summed E-state index contributed by atoms with van der Waals surface area (Å²) in [4.78, 5) is 12.4. The topological polar surface area (TPSA) is 90.5 Å². The number of aromatic nitrogens is 1. The SMILES string of the molecule is Cn1cc(-c2cc(NS(C)(=O)=O)ccc2Oc2ccc(F)cc2F)c2occc2c1=O. The third-order valence-corrected chi connectivity index (χ3v) is 5.08. The molecule has 0 saturated heterocycles. The molecule has 31 heavy (non-hydrogen) atoms. The lowest BCUT2D eigenvalue weighted by Crippen LogP contribution is -2.15. The van der Waals surface area contributed by atoms with E-state index in [1.54, 1.807) is 7.05 Å². The predicted molar refractivity (Wildman–Crippen MR) is 112 cm³/mol. The minimum atomic E-state index is -3.58. The van der Waals surface area contributed by atoms with E-state index in [-0.39, 0.29) is 28.3 Å². The molecule has 0 bridgehead atoms. The first-order valence-corrected chi connectivity index (χ1v) is 10.8. The van der Waals surface area contributed by atoms with E-state index in [0.29, 0.717) is 22.6 Å². The number of ether oxygens (including phenoxy) is 1. The van der Waals surface area contributed by atoms with Gasteiger partial charge in [-0.05, 0) is 36.4 Å². The summed E-state index contributed by atoms with van der Waals surface area (Å²) in [7, 11) is -2.02. The van der Waals surface area contributed by atoms with Gasteiger partial charge in [0, 0.05) is 36.1 Å². The van der Waals surface area contributed by atoms with Gasteiger partial charge in [0.25, 0.3) is 5.56 Å². The second-order valence-electron chi connectivity index (χ2n) is 6.88. The van der Waals surface area contributed by atoms with E-state index < -0.39 is 21.7 Å². The van der Waals surface area contributed by atoms with Gasteiger partial charge in [0.05, 0.1) is 17.9 Å². The number of rotatable bonds is 5. The fraction of sp³-hybridized carbons (Fsp3) is 0.0952. The van der Waals surface area contributed by atoms with Gasteiger partial charge in [-0.15, -0.1) is 0 Å². The zero-order chi connectivity index (χ0) is 22.3. The Morgan fingerprint density at radius 1 is 1.03 bits per heavy atom. The molecule has 0 radical (unpaired) electrons. The molecule has 160 valence electrons. The molecule has 2 aromatic heterocycles. The molecule has 0 fully saturated rings. The molecule has 0 aliphatic heterocycles. The third kappa shape index (κ3) is 4.15. The van der Waals surface area contributed by atoms with Crippen LogP contribution in [0.3, 0.4) is 0 Å². The zero-order valence-electron chi connectivity index (χ0n) is 16.3. The Hall–Kier alpha value is -3.66. The van der Waals surface area contributed by atoms with Crippen molar-refractivity contribution in [2.24, 2.45) is 7.05 Å². The molecular weight excluding hydrogens is 430 g/mol. The van der Waals surface area contributed by atoms with Crippen LogP contribution in [0.25, 0.3) is 22.1 Å². The molecule has 0 saturated carbocycles. The van der Waals surface area contributed by atoms with Crippen molar-refractivity contribution in [3.05, 3.63) is 76.9 Å². The number of fused-ring (bicyclic) bond motifs is 1. The van der Waals surface area contributed by atoms with Crippen LogP contribution in [0.2, 0.25) is 0 Å². The monoisotopic (exact) mass is 446 g/mol. The first-order chi connectivity index (χ1) is 14.6. The lowest BCUT2D eigenvalue weighted by Gasteiger charge is -2.15. The van der Waals surface area contributed by atoms with Gasteiger partial charge in [-0.3, -0.25) is 9.52 Å². The smallest absolute Gasteiger partial charge is 0.261 e. The van der Waals surface area contributed by atoms with Crippen LogP contribution in [-0.4, -0.2) is 19.2 Å². The number of aryl methyl sites for hydroxylation is 1. The molecular formula is C21H16F2N2O5S. The van der Waals surface area contributed by atoms with Gasteiger partial charge in [-0.1, -0.05) is 0 Å². The van der Waals surface area contributed by atoms with Crippen LogP contribution in [0.4, 0.5) is 14.5 Å². The Morgan fingerprint density at radius 3 is 2.48 bits per heavy atom. The summed E-state index contributed by atoms with van der Waals surface area (Å²) in [6, 6.07) is 8.73. The maximum Gasteiger partial charge on any atom is 0.261 e. The van der Waals surface area contributed by atoms with Crippen LogP contribution in [0.1, 0.15) is 0 Å². The van der Waals surface area contributed by atoms with Crippen LogP contribution in [0, 0.1) is 11.6 Å². The molecule has 0 aliphatic rings. The molecule has 4 rings (SSSR count). The number of halogens is 2. The predicted octanol–water partition coefficient (Wildman–Crippen LogP) is 4.24. The second kappa shape index (κ2) is 7.55.